The quantitative estimate of drug-likeness (QED) is 0.766. The normalized spacial score (nSPS) is 20.3. The summed E-state index contributed by atoms with van der Waals surface area (Å²) in [6, 6.07) is 5.19. The molecular formula is C15H22INO. The molecule has 0 radical (unpaired) electrons. The highest BCUT2D eigenvalue weighted by Gasteiger charge is 2.20. The van der Waals surface area contributed by atoms with Gasteiger partial charge in [-0.2, -0.15) is 0 Å². The third-order valence-electron chi connectivity index (χ3n) is 3.79. The van der Waals surface area contributed by atoms with Crippen LogP contribution in [0.2, 0.25) is 0 Å². The lowest BCUT2D eigenvalue weighted by molar-refractivity contribution is 0.217. The minimum Gasteiger partial charge on any atom is -0.496 e. The zero-order valence-corrected chi connectivity index (χ0v) is 13.7. The molecule has 1 aliphatic rings. The molecule has 3 heteroatoms. The van der Waals surface area contributed by atoms with Gasteiger partial charge in [0.25, 0.3) is 0 Å². The summed E-state index contributed by atoms with van der Waals surface area (Å²) in [6.07, 6.45) is 3.55. The molecule has 1 aromatic rings. The SMILES string of the molecule is CCCN1CCc2cc(OC)c(I)cc2CC1C. The van der Waals surface area contributed by atoms with E-state index in [0.29, 0.717) is 6.04 Å². The van der Waals surface area contributed by atoms with Gasteiger partial charge in [0.2, 0.25) is 0 Å². The summed E-state index contributed by atoms with van der Waals surface area (Å²) in [5, 5.41) is 0. The van der Waals surface area contributed by atoms with Crippen molar-refractivity contribution in [3.8, 4) is 5.75 Å². The van der Waals surface area contributed by atoms with Crippen LogP contribution in [0.4, 0.5) is 0 Å². The number of methoxy groups -OCH3 is 1. The molecule has 0 spiro atoms. The summed E-state index contributed by atoms with van der Waals surface area (Å²) >= 11 is 2.37. The fourth-order valence-corrected chi connectivity index (χ4v) is 3.52. The van der Waals surface area contributed by atoms with E-state index < -0.39 is 0 Å². The number of hydrogen-bond acceptors (Lipinski definition) is 2. The molecule has 0 amide bonds. The van der Waals surface area contributed by atoms with Gasteiger partial charge < -0.3 is 9.64 Å². The molecule has 0 fully saturated rings. The standard InChI is InChI=1S/C15H22INO/c1-4-6-17-7-5-12-10-15(18-3)14(16)9-13(12)8-11(17)2/h9-11H,4-8H2,1-3H3. The monoisotopic (exact) mass is 359 g/mol. The van der Waals surface area contributed by atoms with Crippen LogP contribution < -0.4 is 4.74 Å². The second-order valence-electron chi connectivity index (χ2n) is 5.09. The molecule has 100 valence electrons. The number of hydrogen-bond donors (Lipinski definition) is 0. The Labute approximate surface area is 124 Å². The van der Waals surface area contributed by atoms with Gasteiger partial charge in [-0.25, -0.2) is 0 Å². The van der Waals surface area contributed by atoms with Crippen LogP contribution >= 0.6 is 22.6 Å². The number of rotatable bonds is 3. The van der Waals surface area contributed by atoms with Crippen molar-refractivity contribution in [1.82, 2.24) is 4.90 Å². The summed E-state index contributed by atoms with van der Waals surface area (Å²) in [5.74, 6) is 1.02. The summed E-state index contributed by atoms with van der Waals surface area (Å²) in [5.41, 5.74) is 2.98. The predicted molar refractivity (Wildman–Crippen MR) is 84.4 cm³/mol. The Balaban J connectivity index is 2.26. The second-order valence-corrected chi connectivity index (χ2v) is 6.26. The summed E-state index contributed by atoms with van der Waals surface area (Å²) < 4.78 is 6.66. The minimum atomic E-state index is 0.649. The Hall–Kier alpha value is -0.290. The number of fused-ring (bicyclic) bond motifs is 1. The highest BCUT2D eigenvalue weighted by Crippen LogP contribution is 2.29. The summed E-state index contributed by atoms with van der Waals surface area (Å²) in [6.45, 7) is 6.99. The van der Waals surface area contributed by atoms with Crippen molar-refractivity contribution in [2.75, 3.05) is 20.2 Å². The fraction of sp³-hybridized carbons (Fsp3) is 0.600. The first-order valence-corrected chi connectivity index (χ1v) is 7.83. The molecule has 18 heavy (non-hydrogen) atoms. The molecule has 1 aromatic carbocycles. The van der Waals surface area contributed by atoms with E-state index in [4.69, 9.17) is 4.74 Å². The van der Waals surface area contributed by atoms with Crippen molar-refractivity contribution in [3.63, 3.8) is 0 Å². The van der Waals surface area contributed by atoms with Crippen LogP contribution in [-0.4, -0.2) is 31.1 Å². The van der Waals surface area contributed by atoms with Gasteiger partial charge >= 0.3 is 0 Å². The van der Waals surface area contributed by atoms with Gasteiger partial charge in [0.15, 0.2) is 0 Å². The molecule has 0 bridgehead atoms. The molecule has 1 aliphatic heterocycles. The van der Waals surface area contributed by atoms with Crippen molar-refractivity contribution in [1.29, 1.82) is 0 Å². The third-order valence-corrected chi connectivity index (χ3v) is 4.63. The Morgan fingerprint density at radius 1 is 1.39 bits per heavy atom. The zero-order valence-electron chi connectivity index (χ0n) is 11.5. The summed E-state index contributed by atoms with van der Waals surface area (Å²) in [7, 11) is 1.76. The van der Waals surface area contributed by atoms with E-state index in [1.165, 1.54) is 34.2 Å². The molecule has 2 nitrogen and oxygen atoms in total. The lowest BCUT2D eigenvalue weighted by Crippen LogP contribution is -2.35. The largest absolute Gasteiger partial charge is 0.496 e. The molecule has 0 saturated heterocycles. The van der Waals surface area contributed by atoms with Crippen LogP contribution in [0.5, 0.6) is 5.75 Å². The number of ether oxygens (including phenoxy) is 1. The fourth-order valence-electron chi connectivity index (χ4n) is 2.77. The molecule has 1 unspecified atom stereocenters. The number of halogens is 1. The van der Waals surface area contributed by atoms with E-state index in [9.17, 15) is 0 Å². The minimum absolute atomic E-state index is 0.649. The maximum atomic E-state index is 5.43. The van der Waals surface area contributed by atoms with Crippen LogP contribution in [-0.2, 0) is 12.8 Å². The number of benzene rings is 1. The maximum Gasteiger partial charge on any atom is 0.132 e. The Morgan fingerprint density at radius 3 is 2.83 bits per heavy atom. The average Bonchev–Trinajstić information content (AvgIpc) is 2.49. The van der Waals surface area contributed by atoms with Crippen molar-refractivity contribution in [3.05, 3.63) is 26.8 Å². The Morgan fingerprint density at radius 2 is 2.17 bits per heavy atom. The van der Waals surface area contributed by atoms with Crippen LogP contribution in [0.3, 0.4) is 0 Å². The average molecular weight is 359 g/mol. The van der Waals surface area contributed by atoms with Crippen LogP contribution in [0.25, 0.3) is 0 Å². The van der Waals surface area contributed by atoms with Crippen molar-refractivity contribution >= 4 is 22.6 Å². The first-order chi connectivity index (χ1) is 8.65. The van der Waals surface area contributed by atoms with Crippen LogP contribution in [0.15, 0.2) is 12.1 Å². The van der Waals surface area contributed by atoms with E-state index in [1.54, 1.807) is 7.11 Å². The highest BCUT2D eigenvalue weighted by atomic mass is 127. The predicted octanol–water partition coefficient (Wildman–Crippen LogP) is 3.50. The van der Waals surface area contributed by atoms with E-state index in [1.807, 2.05) is 0 Å². The molecule has 0 N–H and O–H groups in total. The summed E-state index contributed by atoms with van der Waals surface area (Å²) in [4.78, 5) is 2.61. The third kappa shape index (κ3) is 2.99. The molecule has 1 atom stereocenters. The Bertz CT molecular complexity index is 419. The second kappa shape index (κ2) is 6.24. The maximum absolute atomic E-state index is 5.43. The van der Waals surface area contributed by atoms with Gasteiger partial charge in [0.1, 0.15) is 5.75 Å². The lowest BCUT2D eigenvalue weighted by Gasteiger charge is -2.26. The van der Waals surface area contributed by atoms with Crippen LogP contribution in [0.1, 0.15) is 31.4 Å². The molecule has 1 heterocycles. The van der Waals surface area contributed by atoms with Gasteiger partial charge in [-0.05, 0) is 78.6 Å². The highest BCUT2D eigenvalue weighted by molar-refractivity contribution is 14.1. The van der Waals surface area contributed by atoms with Gasteiger partial charge in [-0.1, -0.05) is 6.92 Å². The smallest absolute Gasteiger partial charge is 0.132 e. The zero-order chi connectivity index (χ0) is 13.1. The van der Waals surface area contributed by atoms with E-state index in [0.717, 1.165) is 18.6 Å². The van der Waals surface area contributed by atoms with Gasteiger partial charge in [-0.15, -0.1) is 0 Å². The Kier molecular flexibility index (Phi) is 4.90. The lowest BCUT2D eigenvalue weighted by atomic mass is 10.0. The van der Waals surface area contributed by atoms with E-state index >= 15 is 0 Å². The first kappa shape index (κ1) is 14.1. The van der Waals surface area contributed by atoms with Crippen molar-refractivity contribution in [2.45, 2.75) is 39.2 Å². The molecule has 0 aromatic heterocycles. The van der Waals surface area contributed by atoms with Crippen molar-refractivity contribution in [2.24, 2.45) is 0 Å². The number of nitrogens with zero attached hydrogens (tertiary/aromatic N) is 1. The van der Waals surface area contributed by atoms with Crippen LogP contribution in [0, 0.1) is 3.57 Å². The topological polar surface area (TPSA) is 12.5 Å². The van der Waals surface area contributed by atoms with Crippen molar-refractivity contribution < 1.29 is 4.74 Å². The molecule has 0 saturated carbocycles. The van der Waals surface area contributed by atoms with E-state index in [2.05, 4.69) is 53.5 Å². The van der Waals surface area contributed by atoms with Gasteiger partial charge in [-0.3, -0.25) is 0 Å². The first-order valence-electron chi connectivity index (χ1n) is 6.75. The van der Waals surface area contributed by atoms with E-state index in [-0.39, 0.29) is 0 Å². The molecule has 2 rings (SSSR count). The van der Waals surface area contributed by atoms with Gasteiger partial charge in [0, 0.05) is 12.6 Å². The molecular weight excluding hydrogens is 337 g/mol. The van der Waals surface area contributed by atoms with Gasteiger partial charge in [0.05, 0.1) is 10.7 Å². The molecule has 0 aliphatic carbocycles.